The Morgan fingerprint density at radius 1 is 1.33 bits per heavy atom. The van der Waals surface area contributed by atoms with Crippen LogP contribution in [-0.4, -0.2) is 48.5 Å². The van der Waals surface area contributed by atoms with Crippen molar-refractivity contribution in [2.75, 3.05) is 25.5 Å². The van der Waals surface area contributed by atoms with Crippen molar-refractivity contribution in [1.82, 2.24) is 4.90 Å². The molecule has 1 saturated heterocycles. The monoisotopic (exact) mass is 290 g/mol. The summed E-state index contributed by atoms with van der Waals surface area (Å²) in [7, 11) is 3.91. The summed E-state index contributed by atoms with van der Waals surface area (Å²) in [6.45, 7) is 0.634. The molecule has 0 aliphatic carbocycles. The molecule has 1 aromatic carbocycles. The van der Waals surface area contributed by atoms with Gasteiger partial charge >= 0.3 is 0 Å². The second-order valence-electron chi connectivity index (χ2n) is 5.48. The average Bonchev–Trinajstić information content (AvgIpc) is 2.53. The summed E-state index contributed by atoms with van der Waals surface area (Å²) in [5.41, 5.74) is 7.38. The van der Waals surface area contributed by atoms with Crippen molar-refractivity contribution in [1.29, 1.82) is 0 Å². The predicted molar refractivity (Wildman–Crippen MR) is 82.9 cm³/mol. The lowest BCUT2D eigenvalue weighted by molar-refractivity contribution is 0.0676. The van der Waals surface area contributed by atoms with Crippen molar-refractivity contribution < 1.29 is 10.0 Å². The molecule has 0 aromatic heterocycles. The second-order valence-corrected chi connectivity index (χ2v) is 5.48. The van der Waals surface area contributed by atoms with Crippen LogP contribution < -0.4 is 10.6 Å². The van der Waals surface area contributed by atoms with Crippen LogP contribution in [-0.2, 0) is 0 Å². The van der Waals surface area contributed by atoms with Gasteiger partial charge in [0.1, 0.15) is 0 Å². The Morgan fingerprint density at radius 2 is 2.00 bits per heavy atom. The van der Waals surface area contributed by atoms with Crippen molar-refractivity contribution in [2.45, 2.75) is 25.3 Å². The van der Waals surface area contributed by atoms with Crippen LogP contribution in [0.15, 0.2) is 29.4 Å². The fourth-order valence-corrected chi connectivity index (χ4v) is 2.62. The van der Waals surface area contributed by atoms with Crippen LogP contribution in [0.25, 0.3) is 0 Å². The fraction of sp³-hybridized carbons (Fsp3) is 0.467. The van der Waals surface area contributed by atoms with E-state index < -0.39 is 0 Å². The SMILES string of the molecule is CN(C)c1ccc(C(=O)N2CCCCC2C(N)=NO)cc1. The Morgan fingerprint density at radius 3 is 2.57 bits per heavy atom. The highest BCUT2D eigenvalue weighted by Gasteiger charge is 2.30. The number of amides is 1. The molecule has 1 fully saturated rings. The molecule has 1 aromatic rings. The van der Waals surface area contributed by atoms with Gasteiger partial charge < -0.3 is 20.7 Å². The topological polar surface area (TPSA) is 82.2 Å². The minimum Gasteiger partial charge on any atom is -0.409 e. The van der Waals surface area contributed by atoms with E-state index in [2.05, 4.69) is 5.16 Å². The van der Waals surface area contributed by atoms with Gasteiger partial charge in [-0.05, 0) is 43.5 Å². The van der Waals surface area contributed by atoms with Gasteiger partial charge in [0.2, 0.25) is 0 Å². The number of piperidine rings is 1. The van der Waals surface area contributed by atoms with Crippen LogP contribution in [0, 0.1) is 0 Å². The first-order valence-electron chi connectivity index (χ1n) is 7.10. The number of carbonyl (C=O) groups is 1. The Hall–Kier alpha value is -2.24. The molecule has 114 valence electrons. The van der Waals surface area contributed by atoms with Crippen LogP contribution in [0.5, 0.6) is 0 Å². The number of carbonyl (C=O) groups excluding carboxylic acids is 1. The zero-order valence-corrected chi connectivity index (χ0v) is 12.5. The fourth-order valence-electron chi connectivity index (χ4n) is 2.62. The highest BCUT2D eigenvalue weighted by Crippen LogP contribution is 2.21. The number of hydrogen-bond acceptors (Lipinski definition) is 4. The van der Waals surface area contributed by atoms with Crippen molar-refractivity contribution in [3.05, 3.63) is 29.8 Å². The summed E-state index contributed by atoms with van der Waals surface area (Å²) in [6, 6.07) is 7.14. The maximum atomic E-state index is 12.6. The number of likely N-dealkylation sites (tertiary alicyclic amines) is 1. The number of amidine groups is 1. The predicted octanol–water partition coefficient (Wildman–Crippen LogP) is 1.49. The Balaban J connectivity index is 2.20. The molecule has 6 nitrogen and oxygen atoms in total. The van der Waals surface area contributed by atoms with Gasteiger partial charge in [0.15, 0.2) is 5.84 Å². The molecular formula is C15H22N4O2. The molecule has 1 unspecified atom stereocenters. The van der Waals surface area contributed by atoms with Gasteiger partial charge in [-0.15, -0.1) is 0 Å². The van der Waals surface area contributed by atoms with Crippen molar-refractivity contribution in [3.8, 4) is 0 Å². The zero-order valence-electron chi connectivity index (χ0n) is 12.5. The average molecular weight is 290 g/mol. The lowest BCUT2D eigenvalue weighted by Crippen LogP contribution is -2.50. The molecule has 0 spiro atoms. The molecule has 2 rings (SSSR count). The third-order valence-corrected chi connectivity index (χ3v) is 3.85. The molecule has 6 heteroatoms. The molecule has 21 heavy (non-hydrogen) atoms. The summed E-state index contributed by atoms with van der Waals surface area (Å²) < 4.78 is 0. The van der Waals surface area contributed by atoms with Crippen LogP contribution in [0.1, 0.15) is 29.6 Å². The molecule has 1 aliphatic rings. The van der Waals surface area contributed by atoms with E-state index in [1.165, 1.54) is 0 Å². The minimum atomic E-state index is -0.315. The van der Waals surface area contributed by atoms with Gasteiger partial charge in [-0.3, -0.25) is 4.79 Å². The van der Waals surface area contributed by atoms with Gasteiger partial charge in [-0.1, -0.05) is 5.16 Å². The van der Waals surface area contributed by atoms with E-state index in [0.717, 1.165) is 24.9 Å². The summed E-state index contributed by atoms with van der Waals surface area (Å²) in [6.07, 6.45) is 2.65. The van der Waals surface area contributed by atoms with E-state index in [1.807, 2.05) is 43.3 Å². The maximum Gasteiger partial charge on any atom is 0.254 e. The molecule has 1 atom stereocenters. The van der Waals surface area contributed by atoms with Crippen molar-refractivity contribution in [2.24, 2.45) is 10.9 Å². The number of nitrogens with zero attached hydrogens (tertiary/aromatic N) is 3. The highest BCUT2D eigenvalue weighted by atomic mass is 16.4. The molecule has 0 radical (unpaired) electrons. The standard InChI is InChI=1S/C15H22N4O2/c1-18(2)12-8-6-11(7-9-12)15(20)19-10-4-3-5-13(19)14(16)17-21/h6-9,13,21H,3-5,10H2,1-2H3,(H2,16,17). The van der Waals surface area contributed by atoms with E-state index in [1.54, 1.807) is 4.90 Å². The molecule has 0 bridgehead atoms. The van der Waals surface area contributed by atoms with E-state index >= 15 is 0 Å². The van der Waals surface area contributed by atoms with Gasteiger partial charge in [0.25, 0.3) is 5.91 Å². The van der Waals surface area contributed by atoms with E-state index in [9.17, 15) is 4.79 Å². The number of hydrogen-bond donors (Lipinski definition) is 2. The number of oxime groups is 1. The van der Waals surface area contributed by atoms with Crippen molar-refractivity contribution >= 4 is 17.4 Å². The molecular weight excluding hydrogens is 268 g/mol. The van der Waals surface area contributed by atoms with E-state index in [4.69, 9.17) is 10.9 Å². The maximum absolute atomic E-state index is 12.6. The lowest BCUT2D eigenvalue weighted by Gasteiger charge is -2.34. The third-order valence-electron chi connectivity index (χ3n) is 3.85. The molecule has 0 saturated carbocycles. The third kappa shape index (κ3) is 3.26. The van der Waals surface area contributed by atoms with Gasteiger partial charge in [0.05, 0.1) is 6.04 Å². The molecule has 3 N–H and O–H groups in total. The molecule has 1 aliphatic heterocycles. The first-order valence-corrected chi connectivity index (χ1v) is 7.10. The summed E-state index contributed by atoms with van der Waals surface area (Å²) >= 11 is 0. The lowest BCUT2D eigenvalue weighted by atomic mass is 10.00. The van der Waals surface area contributed by atoms with Crippen LogP contribution in [0.4, 0.5) is 5.69 Å². The van der Waals surface area contributed by atoms with Crippen LogP contribution in [0.2, 0.25) is 0 Å². The van der Waals surface area contributed by atoms with E-state index in [0.29, 0.717) is 12.1 Å². The number of rotatable bonds is 3. The molecule has 1 heterocycles. The molecule has 1 amide bonds. The summed E-state index contributed by atoms with van der Waals surface area (Å²) in [5, 5.41) is 11.9. The van der Waals surface area contributed by atoms with Crippen molar-refractivity contribution in [3.63, 3.8) is 0 Å². The quantitative estimate of drug-likeness (QED) is 0.382. The largest absolute Gasteiger partial charge is 0.409 e. The summed E-state index contributed by atoms with van der Waals surface area (Å²) in [4.78, 5) is 16.3. The zero-order chi connectivity index (χ0) is 15.4. The Kier molecular flexibility index (Phi) is 4.67. The first kappa shape index (κ1) is 15.2. The van der Waals surface area contributed by atoms with Gasteiger partial charge in [-0.25, -0.2) is 0 Å². The minimum absolute atomic E-state index is 0.0726. The van der Waals surface area contributed by atoms with Gasteiger partial charge in [0, 0.05) is 31.9 Å². The Labute approximate surface area is 124 Å². The smallest absolute Gasteiger partial charge is 0.254 e. The number of anilines is 1. The number of benzene rings is 1. The normalized spacial score (nSPS) is 19.4. The van der Waals surface area contributed by atoms with Gasteiger partial charge in [-0.2, -0.15) is 0 Å². The summed E-state index contributed by atoms with van der Waals surface area (Å²) in [5.74, 6) is 0.0320. The van der Waals surface area contributed by atoms with Crippen LogP contribution in [0.3, 0.4) is 0 Å². The second kappa shape index (κ2) is 6.47. The first-order chi connectivity index (χ1) is 10.0. The van der Waals surface area contributed by atoms with E-state index in [-0.39, 0.29) is 17.8 Å². The number of nitrogens with two attached hydrogens (primary N) is 1. The Bertz CT molecular complexity index is 525. The van der Waals surface area contributed by atoms with Crippen LogP contribution >= 0.6 is 0 Å². The highest BCUT2D eigenvalue weighted by molar-refractivity contribution is 5.98.